The van der Waals surface area contributed by atoms with E-state index >= 15 is 0 Å². The molecule has 0 amide bonds. The number of H-pyrrole nitrogens is 1. The molecule has 0 spiro atoms. The maximum Gasteiger partial charge on any atom is 0.193 e. The lowest BCUT2D eigenvalue weighted by atomic mass is 10.2. The number of benzene rings is 1. The first-order valence-corrected chi connectivity index (χ1v) is 10.5. The van der Waals surface area contributed by atoms with Crippen molar-refractivity contribution in [3.63, 3.8) is 0 Å². The molecule has 2 aromatic heterocycles. The first-order chi connectivity index (χ1) is 14.7. The zero-order valence-corrected chi connectivity index (χ0v) is 17.7. The summed E-state index contributed by atoms with van der Waals surface area (Å²) in [4.78, 5) is 17.0. The molecule has 2 N–H and O–H groups in total. The van der Waals surface area contributed by atoms with E-state index in [1.54, 1.807) is 6.26 Å². The highest BCUT2D eigenvalue weighted by Crippen LogP contribution is 2.25. The number of furan rings is 1. The first kappa shape index (κ1) is 20.2. The van der Waals surface area contributed by atoms with Crippen LogP contribution in [0.2, 0.25) is 0 Å². The Morgan fingerprint density at radius 2 is 2.03 bits per heavy atom. The molecule has 1 saturated heterocycles. The fourth-order valence-electron chi connectivity index (χ4n) is 4.02. The van der Waals surface area contributed by atoms with E-state index < -0.39 is 0 Å². The van der Waals surface area contributed by atoms with Crippen LogP contribution in [-0.2, 0) is 6.54 Å². The third kappa shape index (κ3) is 4.74. The lowest BCUT2D eigenvalue weighted by Crippen LogP contribution is -2.43. The van der Waals surface area contributed by atoms with E-state index in [2.05, 4.69) is 48.3 Å². The van der Waals surface area contributed by atoms with Gasteiger partial charge in [0.2, 0.25) is 0 Å². The van der Waals surface area contributed by atoms with Crippen LogP contribution in [-0.4, -0.2) is 59.5 Å². The van der Waals surface area contributed by atoms with Crippen LogP contribution in [0.3, 0.4) is 0 Å². The zero-order chi connectivity index (χ0) is 20.8. The predicted octanol–water partition coefficient (Wildman–Crippen LogP) is 3.51. The minimum absolute atomic E-state index is 0.209. The van der Waals surface area contributed by atoms with Crippen LogP contribution in [0.1, 0.15) is 30.5 Å². The van der Waals surface area contributed by atoms with E-state index in [4.69, 9.17) is 4.42 Å². The number of nitrogens with zero attached hydrogens (tertiary/aromatic N) is 4. The first-order valence-electron chi connectivity index (χ1n) is 10.5. The normalized spacial score (nSPS) is 16.0. The molecule has 1 aliphatic heterocycles. The summed E-state index contributed by atoms with van der Waals surface area (Å²) in [6.45, 7) is 3.60. The quantitative estimate of drug-likeness (QED) is 0.464. The Morgan fingerprint density at radius 1 is 1.23 bits per heavy atom. The Balaban J connectivity index is 1.38. The number of imidazole rings is 1. The van der Waals surface area contributed by atoms with Gasteiger partial charge in [0.1, 0.15) is 11.6 Å². The third-order valence-corrected chi connectivity index (χ3v) is 5.58. The summed E-state index contributed by atoms with van der Waals surface area (Å²) in [5.41, 5.74) is 2.15. The Hall–Kier alpha value is -3.06. The summed E-state index contributed by atoms with van der Waals surface area (Å²) < 4.78 is 5.72. The largest absolute Gasteiger partial charge is 0.468 e. The van der Waals surface area contributed by atoms with Crippen molar-refractivity contribution in [3.05, 3.63) is 66.5 Å². The van der Waals surface area contributed by atoms with Crippen molar-refractivity contribution in [2.75, 3.05) is 33.7 Å². The van der Waals surface area contributed by atoms with Crippen LogP contribution in [0.5, 0.6) is 0 Å². The van der Waals surface area contributed by atoms with E-state index in [0.717, 1.165) is 48.4 Å². The number of aliphatic imine (C=N–C) groups is 1. The summed E-state index contributed by atoms with van der Waals surface area (Å²) in [6.07, 6.45) is 6.12. The number of likely N-dealkylation sites (tertiary alicyclic amines) is 1. The Morgan fingerprint density at radius 3 is 2.73 bits per heavy atom. The fraction of sp³-hybridized carbons (Fsp3) is 0.391. The molecule has 30 heavy (non-hydrogen) atoms. The van der Waals surface area contributed by atoms with Crippen LogP contribution in [0.4, 0.5) is 0 Å². The number of hydrogen-bond acceptors (Lipinski definition) is 4. The number of hydrogen-bond donors (Lipinski definition) is 2. The van der Waals surface area contributed by atoms with Gasteiger partial charge in [0.05, 0.1) is 30.7 Å². The molecular weight excluding hydrogens is 376 g/mol. The van der Waals surface area contributed by atoms with Gasteiger partial charge in [0, 0.05) is 20.6 Å². The smallest absolute Gasteiger partial charge is 0.193 e. The van der Waals surface area contributed by atoms with Crippen molar-refractivity contribution in [1.82, 2.24) is 25.1 Å². The van der Waals surface area contributed by atoms with Gasteiger partial charge in [-0.1, -0.05) is 30.3 Å². The summed E-state index contributed by atoms with van der Waals surface area (Å²) in [6, 6.07) is 14.5. The molecule has 158 valence electrons. The van der Waals surface area contributed by atoms with Crippen LogP contribution < -0.4 is 5.32 Å². The van der Waals surface area contributed by atoms with E-state index in [1.165, 1.54) is 12.8 Å². The van der Waals surface area contributed by atoms with E-state index in [0.29, 0.717) is 6.54 Å². The van der Waals surface area contributed by atoms with Gasteiger partial charge in [-0.2, -0.15) is 0 Å². The molecule has 0 bridgehead atoms. The molecule has 3 heterocycles. The van der Waals surface area contributed by atoms with Crippen LogP contribution in [0.15, 0.2) is 64.3 Å². The van der Waals surface area contributed by atoms with Gasteiger partial charge in [0.15, 0.2) is 5.96 Å². The minimum Gasteiger partial charge on any atom is -0.468 e. The number of aromatic amines is 1. The molecule has 1 aromatic carbocycles. The predicted molar refractivity (Wildman–Crippen MR) is 119 cm³/mol. The molecule has 1 atom stereocenters. The summed E-state index contributed by atoms with van der Waals surface area (Å²) in [5, 5.41) is 3.53. The molecule has 4 rings (SSSR count). The van der Waals surface area contributed by atoms with Gasteiger partial charge in [-0.05, 0) is 43.6 Å². The lowest BCUT2D eigenvalue weighted by molar-refractivity contribution is 0.214. The molecule has 1 unspecified atom stereocenters. The highest BCUT2D eigenvalue weighted by atomic mass is 16.3. The zero-order valence-electron chi connectivity index (χ0n) is 17.7. The number of rotatable bonds is 7. The summed E-state index contributed by atoms with van der Waals surface area (Å²) in [7, 11) is 3.84. The second-order valence-electron chi connectivity index (χ2n) is 7.67. The maximum atomic E-state index is 5.72. The standard InChI is InChI=1S/C23H30N6O/c1-24-23(26-16-20(21-11-8-14-30-21)29-12-6-7-13-29)28(2)17-22-25-15-19(27-22)18-9-4-3-5-10-18/h3-5,8-11,14-15,20H,6-7,12-13,16-17H2,1-2H3,(H,24,26)(H,25,27). The van der Waals surface area contributed by atoms with Crippen molar-refractivity contribution in [2.45, 2.75) is 25.4 Å². The molecule has 0 radical (unpaired) electrons. The monoisotopic (exact) mass is 406 g/mol. The van der Waals surface area contributed by atoms with E-state index in [9.17, 15) is 0 Å². The number of nitrogens with one attached hydrogen (secondary N) is 2. The SMILES string of the molecule is CN=C(NCC(c1ccco1)N1CCCC1)N(C)Cc1ncc(-c2ccccc2)[nH]1. The molecule has 3 aromatic rings. The van der Waals surface area contributed by atoms with Crippen molar-refractivity contribution in [2.24, 2.45) is 4.99 Å². The number of aromatic nitrogens is 2. The molecule has 7 heteroatoms. The highest BCUT2D eigenvalue weighted by molar-refractivity contribution is 5.79. The van der Waals surface area contributed by atoms with Gasteiger partial charge in [-0.3, -0.25) is 9.89 Å². The second-order valence-corrected chi connectivity index (χ2v) is 7.67. The second kappa shape index (κ2) is 9.63. The van der Waals surface area contributed by atoms with Crippen LogP contribution >= 0.6 is 0 Å². The van der Waals surface area contributed by atoms with Crippen molar-refractivity contribution in [3.8, 4) is 11.3 Å². The van der Waals surface area contributed by atoms with Gasteiger partial charge in [-0.15, -0.1) is 0 Å². The van der Waals surface area contributed by atoms with E-state index in [1.807, 2.05) is 44.6 Å². The molecular formula is C23H30N6O. The molecule has 1 aliphatic rings. The summed E-state index contributed by atoms with van der Waals surface area (Å²) >= 11 is 0. The molecule has 0 aliphatic carbocycles. The van der Waals surface area contributed by atoms with Crippen molar-refractivity contribution in [1.29, 1.82) is 0 Å². The molecule has 1 fully saturated rings. The van der Waals surface area contributed by atoms with Gasteiger partial charge in [-0.25, -0.2) is 4.98 Å². The Labute approximate surface area is 177 Å². The third-order valence-electron chi connectivity index (χ3n) is 5.58. The van der Waals surface area contributed by atoms with Crippen molar-refractivity contribution >= 4 is 5.96 Å². The van der Waals surface area contributed by atoms with Gasteiger partial charge in [0.25, 0.3) is 0 Å². The Kier molecular flexibility index (Phi) is 6.49. The van der Waals surface area contributed by atoms with Crippen molar-refractivity contribution < 1.29 is 4.42 Å². The maximum absolute atomic E-state index is 5.72. The Bertz CT molecular complexity index is 928. The van der Waals surface area contributed by atoms with Gasteiger partial charge >= 0.3 is 0 Å². The van der Waals surface area contributed by atoms with Crippen LogP contribution in [0.25, 0.3) is 11.3 Å². The summed E-state index contributed by atoms with van der Waals surface area (Å²) in [5.74, 6) is 2.74. The minimum atomic E-state index is 0.209. The number of guanidine groups is 1. The highest BCUT2D eigenvalue weighted by Gasteiger charge is 2.26. The lowest BCUT2D eigenvalue weighted by Gasteiger charge is -2.28. The van der Waals surface area contributed by atoms with Crippen LogP contribution in [0, 0.1) is 0 Å². The molecule has 0 saturated carbocycles. The average molecular weight is 407 g/mol. The fourth-order valence-corrected chi connectivity index (χ4v) is 4.02. The topological polar surface area (TPSA) is 72.7 Å². The van der Waals surface area contributed by atoms with E-state index in [-0.39, 0.29) is 6.04 Å². The molecule has 7 nitrogen and oxygen atoms in total. The average Bonchev–Trinajstić information content (AvgIpc) is 3.55. The van der Waals surface area contributed by atoms with Gasteiger partial charge < -0.3 is 19.6 Å².